The van der Waals surface area contributed by atoms with Crippen LogP contribution in [0.25, 0.3) is 0 Å². The van der Waals surface area contributed by atoms with E-state index >= 15 is 0 Å². The standard InChI is InChI=1S/C13H12FN3O2S2/c14-7-3-8(15)5-9(4-7)21-6-11(18)17-13-10(12(16)19)1-2-20-13/h1-5H,6,15H2,(H2,16,19)(H,17,18). The molecule has 2 rings (SSSR count). The molecule has 0 aliphatic heterocycles. The summed E-state index contributed by atoms with van der Waals surface area (Å²) in [6.07, 6.45) is 0. The van der Waals surface area contributed by atoms with Gasteiger partial charge in [0.1, 0.15) is 10.8 Å². The molecule has 0 aliphatic carbocycles. The van der Waals surface area contributed by atoms with Crippen LogP contribution in [-0.2, 0) is 4.79 Å². The van der Waals surface area contributed by atoms with Gasteiger partial charge in [-0.1, -0.05) is 0 Å². The van der Waals surface area contributed by atoms with Gasteiger partial charge in [0.2, 0.25) is 5.91 Å². The lowest BCUT2D eigenvalue weighted by Gasteiger charge is -2.05. The second kappa shape index (κ2) is 6.59. The highest BCUT2D eigenvalue weighted by molar-refractivity contribution is 8.00. The molecule has 1 aromatic carbocycles. The summed E-state index contributed by atoms with van der Waals surface area (Å²) in [7, 11) is 0. The highest BCUT2D eigenvalue weighted by Gasteiger charge is 2.12. The van der Waals surface area contributed by atoms with Crippen LogP contribution in [-0.4, -0.2) is 17.6 Å². The Morgan fingerprint density at radius 1 is 1.33 bits per heavy atom. The monoisotopic (exact) mass is 325 g/mol. The number of nitrogen functional groups attached to an aromatic ring is 1. The van der Waals surface area contributed by atoms with Gasteiger partial charge in [0, 0.05) is 10.6 Å². The zero-order chi connectivity index (χ0) is 15.4. The molecule has 110 valence electrons. The predicted octanol–water partition coefficient (Wildman–Crippen LogP) is 2.30. The number of carbonyl (C=O) groups excluding carboxylic acids is 2. The number of nitrogens with two attached hydrogens (primary N) is 2. The van der Waals surface area contributed by atoms with Crippen molar-refractivity contribution < 1.29 is 14.0 Å². The Morgan fingerprint density at radius 2 is 2.10 bits per heavy atom. The van der Waals surface area contributed by atoms with E-state index in [0.717, 1.165) is 11.8 Å². The van der Waals surface area contributed by atoms with Gasteiger partial charge < -0.3 is 16.8 Å². The Morgan fingerprint density at radius 3 is 2.76 bits per heavy atom. The number of anilines is 2. The number of nitrogens with one attached hydrogen (secondary N) is 1. The second-order valence-electron chi connectivity index (χ2n) is 4.08. The normalized spacial score (nSPS) is 10.3. The van der Waals surface area contributed by atoms with E-state index in [0.29, 0.717) is 15.6 Å². The molecule has 1 aromatic heterocycles. The van der Waals surface area contributed by atoms with E-state index in [1.54, 1.807) is 17.5 Å². The van der Waals surface area contributed by atoms with Gasteiger partial charge in [-0.25, -0.2) is 4.39 Å². The molecule has 8 heteroatoms. The van der Waals surface area contributed by atoms with Crippen LogP contribution in [0.15, 0.2) is 34.5 Å². The lowest BCUT2D eigenvalue weighted by Crippen LogP contribution is -2.17. The van der Waals surface area contributed by atoms with Crippen LogP contribution in [0.3, 0.4) is 0 Å². The Bertz CT molecular complexity index is 668. The number of halogens is 1. The lowest BCUT2D eigenvalue weighted by molar-refractivity contribution is -0.113. The quantitative estimate of drug-likeness (QED) is 0.580. The first-order chi connectivity index (χ1) is 9.95. The molecule has 0 saturated carbocycles. The highest BCUT2D eigenvalue weighted by atomic mass is 32.2. The van der Waals surface area contributed by atoms with Gasteiger partial charge in [-0.3, -0.25) is 9.59 Å². The van der Waals surface area contributed by atoms with Crippen LogP contribution >= 0.6 is 23.1 Å². The van der Waals surface area contributed by atoms with Crippen molar-refractivity contribution in [2.45, 2.75) is 4.90 Å². The molecule has 21 heavy (non-hydrogen) atoms. The van der Waals surface area contributed by atoms with E-state index in [9.17, 15) is 14.0 Å². The Labute approximate surface area is 128 Å². The van der Waals surface area contributed by atoms with Gasteiger partial charge in [-0.15, -0.1) is 23.1 Å². The second-order valence-corrected chi connectivity index (χ2v) is 6.05. The largest absolute Gasteiger partial charge is 0.399 e. The molecule has 0 fully saturated rings. The van der Waals surface area contributed by atoms with Gasteiger partial charge in [0.15, 0.2) is 0 Å². The van der Waals surface area contributed by atoms with Gasteiger partial charge in [0.05, 0.1) is 11.3 Å². The summed E-state index contributed by atoms with van der Waals surface area (Å²) in [5.41, 5.74) is 11.3. The number of primary amides is 1. The minimum absolute atomic E-state index is 0.0684. The molecule has 0 unspecified atom stereocenters. The molecule has 0 radical (unpaired) electrons. The third-order valence-corrected chi connectivity index (χ3v) is 4.25. The van der Waals surface area contributed by atoms with E-state index in [1.807, 2.05) is 0 Å². The third kappa shape index (κ3) is 4.20. The molecule has 0 atom stereocenters. The predicted molar refractivity (Wildman–Crippen MR) is 83.0 cm³/mol. The number of hydrogen-bond donors (Lipinski definition) is 3. The van der Waals surface area contributed by atoms with Crippen LogP contribution in [0, 0.1) is 5.82 Å². The summed E-state index contributed by atoms with van der Waals surface area (Å²) >= 11 is 2.36. The van der Waals surface area contributed by atoms with E-state index in [-0.39, 0.29) is 17.2 Å². The first kappa shape index (κ1) is 15.3. The molecule has 0 aliphatic rings. The molecule has 5 N–H and O–H groups in total. The maximum Gasteiger partial charge on any atom is 0.251 e. The van der Waals surface area contributed by atoms with Crippen LogP contribution in [0.5, 0.6) is 0 Å². The van der Waals surface area contributed by atoms with E-state index in [2.05, 4.69) is 5.32 Å². The summed E-state index contributed by atoms with van der Waals surface area (Å²) in [5, 5.41) is 4.68. The summed E-state index contributed by atoms with van der Waals surface area (Å²) in [5.74, 6) is -1.30. The first-order valence-electron chi connectivity index (χ1n) is 5.81. The van der Waals surface area contributed by atoms with Crippen LogP contribution in [0.2, 0.25) is 0 Å². The number of benzene rings is 1. The van der Waals surface area contributed by atoms with E-state index < -0.39 is 11.7 Å². The molecule has 2 amide bonds. The van der Waals surface area contributed by atoms with E-state index in [1.165, 1.54) is 23.5 Å². The molecular weight excluding hydrogens is 313 g/mol. The average molecular weight is 325 g/mol. The van der Waals surface area contributed by atoms with Crippen molar-refractivity contribution in [3.05, 3.63) is 41.0 Å². The lowest BCUT2D eigenvalue weighted by atomic mass is 10.3. The summed E-state index contributed by atoms with van der Waals surface area (Å²) < 4.78 is 13.2. The first-order valence-corrected chi connectivity index (χ1v) is 7.68. The zero-order valence-corrected chi connectivity index (χ0v) is 12.4. The van der Waals surface area contributed by atoms with Crippen LogP contribution in [0.4, 0.5) is 15.1 Å². The minimum atomic E-state index is -0.600. The van der Waals surface area contributed by atoms with Crippen molar-refractivity contribution in [2.75, 3.05) is 16.8 Å². The van der Waals surface area contributed by atoms with Crippen molar-refractivity contribution in [3.8, 4) is 0 Å². The van der Waals surface area contributed by atoms with E-state index in [4.69, 9.17) is 11.5 Å². The van der Waals surface area contributed by atoms with Gasteiger partial charge in [-0.05, 0) is 29.6 Å². The summed E-state index contributed by atoms with van der Waals surface area (Å²) in [6, 6.07) is 5.63. The van der Waals surface area contributed by atoms with Crippen molar-refractivity contribution in [1.82, 2.24) is 0 Å². The van der Waals surface area contributed by atoms with Crippen molar-refractivity contribution in [3.63, 3.8) is 0 Å². The Kier molecular flexibility index (Phi) is 4.81. The Balaban J connectivity index is 1.96. The molecular formula is C13H12FN3O2S2. The molecule has 0 spiro atoms. The summed E-state index contributed by atoms with van der Waals surface area (Å²) in [4.78, 5) is 23.5. The van der Waals surface area contributed by atoms with Gasteiger partial charge in [-0.2, -0.15) is 0 Å². The molecule has 0 bridgehead atoms. The third-order valence-electron chi connectivity index (χ3n) is 2.45. The molecule has 2 aromatic rings. The number of carbonyl (C=O) groups is 2. The number of hydrogen-bond acceptors (Lipinski definition) is 5. The van der Waals surface area contributed by atoms with Gasteiger partial charge in [0.25, 0.3) is 5.91 Å². The number of rotatable bonds is 5. The van der Waals surface area contributed by atoms with Crippen molar-refractivity contribution in [2.24, 2.45) is 5.73 Å². The fourth-order valence-electron chi connectivity index (χ4n) is 1.58. The average Bonchev–Trinajstić information content (AvgIpc) is 2.83. The van der Waals surface area contributed by atoms with Crippen LogP contribution in [0.1, 0.15) is 10.4 Å². The fourth-order valence-corrected chi connectivity index (χ4v) is 3.17. The van der Waals surface area contributed by atoms with Crippen molar-refractivity contribution in [1.29, 1.82) is 0 Å². The molecule has 1 heterocycles. The topological polar surface area (TPSA) is 98.2 Å². The highest BCUT2D eigenvalue weighted by Crippen LogP contribution is 2.25. The fraction of sp³-hybridized carbons (Fsp3) is 0.0769. The van der Waals surface area contributed by atoms with Crippen LogP contribution < -0.4 is 16.8 Å². The maximum atomic E-state index is 13.2. The Hall–Kier alpha value is -2.06. The molecule has 5 nitrogen and oxygen atoms in total. The summed E-state index contributed by atoms with van der Waals surface area (Å²) in [6.45, 7) is 0. The maximum absolute atomic E-state index is 13.2. The van der Waals surface area contributed by atoms with Crippen molar-refractivity contribution >= 4 is 45.6 Å². The molecule has 0 saturated heterocycles. The number of thioether (sulfide) groups is 1. The minimum Gasteiger partial charge on any atom is -0.399 e. The smallest absolute Gasteiger partial charge is 0.251 e. The zero-order valence-electron chi connectivity index (χ0n) is 10.8. The SMILES string of the molecule is NC(=O)c1ccsc1NC(=O)CSc1cc(N)cc(F)c1. The van der Waals surface area contributed by atoms with Gasteiger partial charge >= 0.3 is 0 Å². The number of thiophene rings is 1. The number of amides is 2.